The minimum absolute atomic E-state index is 0.0902. The first-order valence-corrected chi connectivity index (χ1v) is 5.45. The van der Waals surface area contributed by atoms with Crippen LogP contribution in [0.2, 0.25) is 0 Å². The van der Waals surface area contributed by atoms with E-state index in [1.165, 1.54) is 6.20 Å². The number of carbonyl (C=O) groups is 2. The maximum Gasteiger partial charge on any atom is 0.358 e. The Hall–Kier alpha value is -2.77. The van der Waals surface area contributed by atoms with Gasteiger partial charge in [-0.1, -0.05) is 11.3 Å². The van der Waals surface area contributed by atoms with Gasteiger partial charge in [-0.3, -0.25) is 9.78 Å². The van der Waals surface area contributed by atoms with E-state index in [2.05, 4.69) is 20.6 Å². The van der Waals surface area contributed by atoms with Gasteiger partial charge in [0.05, 0.1) is 18.4 Å². The summed E-state index contributed by atoms with van der Waals surface area (Å²) in [5.41, 5.74) is 0.540. The lowest BCUT2D eigenvalue weighted by Gasteiger charge is -2.03. The molecule has 0 radical (unpaired) electrons. The average molecular weight is 261 g/mol. The Kier molecular flexibility index (Phi) is 3.81. The Morgan fingerprint density at radius 1 is 1.37 bits per heavy atom. The van der Waals surface area contributed by atoms with Crippen molar-refractivity contribution in [1.82, 2.24) is 25.3 Å². The molecule has 1 amide bonds. The molecule has 0 spiro atoms. The van der Waals surface area contributed by atoms with Crippen molar-refractivity contribution >= 4 is 11.9 Å². The van der Waals surface area contributed by atoms with Crippen molar-refractivity contribution in [2.75, 3.05) is 0 Å². The van der Waals surface area contributed by atoms with E-state index in [1.54, 1.807) is 18.3 Å². The highest BCUT2D eigenvalue weighted by Crippen LogP contribution is 1.94. The van der Waals surface area contributed by atoms with Gasteiger partial charge in [0.1, 0.15) is 6.54 Å². The summed E-state index contributed by atoms with van der Waals surface area (Å²) in [4.78, 5) is 26.2. The van der Waals surface area contributed by atoms with E-state index in [9.17, 15) is 9.59 Å². The number of pyridine rings is 1. The molecular weight excluding hydrogens is 250 g/mol. The number of carboxylic acid groups (broad SMARTS) is 1. The largest absolute Gasteiger partial charge is 0.476 e. The van der Waals surface area contributed by atoms with Gasteiger partial charge in [0.2, 0.25) is 5.91 Å². The Morgan fingerprint density at radius 2 is 2.21 bits per heavy atom. The van der Waals surface area contributed by atoms with Crippen molar-refractivity contribution in [3.05, 3.63) is 42.0 Å². The lowest BCUT2D eigenvalue weighted by atomic mass is 10.3. The minimum Gasteiger partial charge on any atom is -0.476 e. The number of aromatic carboxylic acids is 1. The number of hydrogen-bond donors (Lipinski definition) is 2. The summed E-state index contributed by atoms with van der Waals surface area (Å²) in [6.45, 7) is 0.216. The summed E-state index contributed by atoms with van der Waals surface area (Å²) in [7, 11) is 0. The molecular formula is C11H11N5O3. The Morgan fingerprint density at radius 3 is 2.84 bits per heavy atom. The molecule has 0 aliphatic carbocycles. The molecule has 0 aromatic carbocycles. The van der Waals surface area contributed by atoms with Gasteiger partial charge in [-0.05, 0) is 12.1 Å². The molecule has 0 saturated heterocycles. The Balaban J connectivity index is 1.85. The second kappa shape index (κ2) is 5.71. The van der Waals surface area contributed by atoms with Gasteiger partial charge < -0.3 is 10.4 Å². The molecule has 98 valence electrons. The van der Waals surface area contributed by atoms with E-state index in [1.807, 2.05) is 6.07 Å². The highest BCUT2D eigenvalue weighted by atomic mass is 16.4. The normalized spacial score (nSPS) is 10.1. The maximum atomic E-state index is 11.6. The van der Waals surface area contributed by atoms with Crippen LogP contribution in [-0.4, -0.2) is 37.0 Å². The van der Waals surface area contributed by atoms with Gasteiger partial charge in [0.25, 0.3) is 0 Å². The monoisotopic (exact) mass is 261 g/mol. The van der Waals surface area contributed by atoms with Crippen LogP contribution in [-0.2, 0) is 17.9 Å². The molecule has 0 bridgehead atoms. The summed E-state index contributed by atoms with van der Waals surface area (Å²) in [5.74, 6) is -1.48. The fraction of sp³-hybridized carbons (Fsp3) is 0.182. The standard InChI is InChI=1S/C11H11N5O3/c17-10(13-5-8-3-1-2-4-12-8)7-16-6-9(11(18)19)14-15-16/h1-4,6H,5,7H2,(H,13,17)(H,18,19). The van der Waals surface area contributed by atoms with Crippen LogP contribution in [0.25, 0.3) is 0 Å². The van der Waals surface area contributed by atoms with Gasteiger partial charge in [-0.25, -0.2) is 9.48 Å². The van der Waals surface area contributed by atoms with Gasteiger partial charge >= 0.3 is 5.97 Å². The van der Waals surface area contributed by atoms with Crippen LogP contribution in [0.3, 0.4) is 0 Å². The van der Waals surface area contributed by atoms with E-state index in [0.29, 0.717) is 6.54 Å². The van der Waals surface area contributed by atoms with E-state index >= 15 is 0 Å². The van der Waals surface area contributed by atoms with E-state index in [-0.39, 0.29) is 18.1 Å². The molecule has 2 rings (SSSR count). The maximum absolute atomic E-state index is 11.6. The molecule has 8 nitrogen and oxygen atoms in total. The molecule has 2 aromatic heterocycles. The lowest BCUT2D eigenvalue weighted by Crippen LogP contribution is -2.27. The van der Waals surface area contributed by atoms with Crippen molar-refractivity contribution in [2.45, 2.75) is 13.1 Å². The number of rotatable bonds is 5. The topological polar surface area (TPSA) is 110 Å². The number of carbonyl (C=O) groups excluding carboxylic acids is 1. The first kappa shape index (κ1) is 12.7. The number of hydrogen-bond acceptors (Lipinski definition) is 5. The van der Waals surface area contributed by atoms with Crippen molar-refractivity contribution in [3.8, 4) is 0 Å². The van der Waals surface area contributed by atoms with Crippen molar-refractivity contribution < 1.29 is 14.7 Å². The number of nitrogens with one attached hydrogen (secondary N) is 1. The zero-order valence-corrected chi connectivity index (χ0v) is 9.85. The first-order chi connectivity index (χ1) is 9.15. The molecule has 0 fully saturated rings. The Bertz CT molecular complexity index is 581. The van der Waals surface area contributed by atoms with Crippen LogP contribution in [0, 0.1) is 0 Å². The summed E-state index contributed by atoms with van der Waals surface area (Å²) in [6, 6.07) is 5.40. The molecule has 2 N–H and O–H groups in total. The molecule has 8 heteroatoms. The quantitative estimate of drug-likeness (QED) is 0.763. The van der Waals surface area contributed by atoms with Crippen LogP contribution >= 0.6 is 0 Å². The predicted octanol–water partition coefficient (Wildman–Crippen LogP) is -0.312. The van der Waals surface area contributed by atoms with E-state index in [4.69, 9.17) is 5.11 Å². The SMILES string of the molecule is O=C(Cn1cc(C(=O)O)nn1)NCc1ccccn1. The van der Waals surface area contributed by atoms with Crippen LogP contribution in [0.15, 0.2) is 30.6 Å². The summed E-state index contributed by atoms with van der Waals surface area (Å²) in [6.07, 6.45) is 2.83. The fourth-order valence-electron chi connectivity index (χ4n) is 1.37. The second-order valence-corrected chi connectivity index (χ2v) is 3.70. The molecule has 0 atom stereocenters. The lowest BCUT2D eigenvalue weighted by molar-refractivity contribution is -0.122. The van der Waals surface area contributed by atoms with E-state index < -0.39 is 5.97 Å². The van der Waals surface area contributed by atoms with Crippen molar-refractivity contribution in [1.29, 1.82) is 0 Å². The van der Waals surface area contributed by atoms with Gasteiger partial charge in [-0.15, -0.1) is 5.10 Å². The van der Waals surface area contributed by atoms with Crippen LogP contribution in [0.4, 0.5) is 0 Å². The van der Waals surface area contributed by atoms with Gasteiger partial charge in [-0.2, -0.15) is 0 Å². The van der Waals surface area contributed by atoms with Crippen LogP contribution in [0.5, 0.6) is 0 Å². The molecule has 0 aliphatic heterocycles. The summed E-state index contributed by atoms with van der Waals surface area (Å²) < 4.78 is 1.16. The zero-order valence-electron chi connectivity index (χ0n) is 9.85. The van der Waals surface area contributed by atoms with Crippen LogP contribution in [0.1, 0.15) is 16.2 Å². The molecule has 0 saturated carbocycles. The third kappa shape index (κ3) is 3.60. The molecule has 0 unspecified atom stereocenters. The Labute approximate surface area is 108 Å². The summed E-state index contributed by atoms with van der Waals surface area (Å²) in [5, 5.41) is 18.3. The molecule has 19 heavy (non-hydrogen) atoms. The average Bonchev–Trinajstić information content (AvgIpc) is 2.86. The van der Waals surface area contributed by atoms with Crippen LogP contribution < -0.4 is 5.32 Å². The fourth-order valence-corrected chi connectivity index (χ4v) is 1.37. The molecule has 2 aromatic rings. The predicted molar refractivity (Wildman–Crippen MR) is 63.1 cm³/mol. The number of aromatic nitrogens is 4. The highest BCUT2D eigenvalue weighted by molar-refractivity contribution is 5.84. The van der Waals surface area contributed by atoms with Crippen molar-refractivity contribution in [2.24, 2.45) is 0 Å². The highest BCUT2D eigenvalue weighted by Gasteiger charge is 2.10. The number of amides is 1. The second-order valence-electron chi connectivity index (χ2n) is 3.70. The van der Waals surface area contributed by atoms with Gasteiger partial charge in [0, 0.05) is 6.20 Å². The minimum atomic E-state index is -1.18. The first-order valence-electron chi connectivity index (χ1n) is 5.45. The molecule has 2 heterocycles. The van der Waals surface area contributed by atoms with Crippen molar-refractivity contribution in [3.63, 3.8) is 0 Å². The molecule has 0 aliphatic rings. The summed E-state index contributed by atoms with van der Waals surface area (Å²) >= 11 is 0. The number of nitrogens with zero attached hydrogens (tertiary/aromatic N) is 4. The zero-order chi connectivity index (χ0) is 13.7. The van der Waals surface area contributed by atoms with E-state index in [0.717, 1.165) is 10.4 Å². The smallest absolute Gasteiger partial charge is 0.358 e. The number of carboxylic acids is 1. The van der Waals surface area contributed by atoms with Gasteiger partial charge in [0.15, 0.2) is 5.69 Å². The third-order valence-electron chi connectivity index (χ3n) is 2.26. The third-order valence-corrected chi connectivity index (χ3v) is 2.26.